The van der Waals surface area contributed by atoms with E-state index in [9.17, 15) is 4.79 Å². The summed E-state index contributed by atoms with van der Waals surface area (Å²) in [5.41, 5.74) is 1.65. The van der Waals surface area contributed by atoms with Gasteiger partial charge in [0.25, 0.3) is 0 Å². The van der Waals surface area contributed by atoms with Crippen molar-refractivity contribution in [3.8, 4) is 12.3 Å². The molecule has 2 heteroatoms. The van der Waals surface area contributed by atoms with E-state index < -0.39 is 0 Å². The predicted octanol–water partition coefficient (Wildman–Crippen LogP) is 2.06. The molecule has 0 aliphatic heterocycles. The summed E-state index contributed by atoms with van der Waals surface area (Å²) in [4.78, 5) is 13.6. The zero-order chi connectivity index (χ0) is 9.68. The van der Waals surface area contributed by atoms with Gasteiger partial charge < -0.3 is 0 Å². The summed E-state index contributed by atoms with van der Waals surface area (Å²) in [6.45, 7) is 1.81. The van der Waals surface area contributed by atoms with Crippen molar-refractivity contribution < 1.29 is 4.79 Å². The summed E-state index contributed by atoms with van der Waals surface area (Å²) in [5, 5.41) is 0. The van der Waals surface area contributed by atoms with Crippen LogP contribution in [0.3, 0.4) is 0 Å². The molecule has 0 N–H and O–H groups in total. The van der Waals surface area contributed by atoms with Crippen molar-refractivity contribution in [2.24, 2.45) is 4.99 Å². The van der Waals surface area contributed by atoms with E-state index >= 15 is 0 Å². The number of isocyanates is 1. The number of hydrogen-bond acceptors (Lipinski definition) is 2. The third-order valence-corrected chi connectivity index (χ3v) is 1.81. The van der Waals surface area contributed by atoms with Gasteiger partial charge in [0.05, 0.1) is 6.04 Å². The maximum absolute atomic E-state index is 10.0. The Morgan fingerprint density at radius 2 is 2.15 bits per heavy atom. The summed E-state index contributed by atoms with van der Waals surface area (Å²) >= 11 is 0. The highest BCUT2D eigenvalue weighted by molar-refractivity contribution is 5.43. The molecule has 1 aromatic rings. The molecule has 0 aliphatic rings. The van der Waals surface area contributed by atoms with E-state index in [0.717, 1.165) is 11.1 Å². The molecule has 0 bridgehead atoms. The van der Waals surface area contributed by atoms with E-state index in [1.807, 2.05) is 24.3 Å². The molecular formula is C11H9NO. The fourth-order valence-electron chi connectivity index (χ4n) is 1.14. The van der Waals surface area contributed by atoms with Gasteiger partial charge in [-0.2, -0.15) is 4.99 Å². The lowest BCUT2D eigenvalue weighted by molar-refractivity contribution is 0.559. The molecule has 13 heavy (non-hydrogen) atoms. The van der Waals surface area contributed by atoms with Gasteiger partial charge in [-0.05, 0) is 18.6 Å². The van der Waals surface area contributed by atoms with Gasteiger partial charge in [-0.3, -0.25) is 0 Å². The van der Waals surface area contributed by atoms with E-state index in [4.69, 9.17) is 6.42 Å². The fraction of sp³-hybridized carbons (Fsp3) is 0.182. The van der Waals surface area contributed by atoms with Crippen LogP contribution in [0, 0.1) is 12.3 Å². The van der Waals surface area contributed by atoms with Gasteiger partial charge in [0.1, 0.15) is 0 Å². The number of hydrogen-bond donors (Lipinski definition) is 0. The number of aliphatic imine (C=N–C) groups is 1. The minimum Gasteiger partial charge on any atom is -0.211 e. The van der Waals surface area contributed by atoms with Crippen molar-refractivity contribution in [1.29, 1.82) is 0 Å². The van der Waals surface area contributed by atoms with Gasteiger partial charge in [0.15, 0.2) is 0 Å². The Morgan fingerprint density at radius 3 is 2.77 bits per heavy atom. The Balaban J connectivity index is 3.14. The molecule has 0 heterocycles. The Bertz CT molecular complexity index is 383. The van der Waals surface area contributed by atoms with E-state index in [1.165, 1.54) is 6.08 Å². The van der Waals surface area contributed by atoms with Gasteiger partial charge in [-0.15, -0.1) is 6.42 Å². The van der Waals surface area contributed by atoms with Crippen LogP contribution in [0.1, 0.15) is 24.1 Å². The minimum atomic E-state index is -0.218. The molecule has 1 atom stereocenters. The maximum Gasteiger partial charge on any atom is 0.235 e. The van der Waals surface area contributed by atoms with Crippen LogP contribution >= 0.6 is 0 Å². The molecule has 64 valence electrons. The third kappa shape index (κ3) is 2.05. The minimum absolute atomic E-state index is 0.218. The summed E-state index contributed by atoms with van der Waals surface area (Å²) in [5.74, 6) is 2.55. The van der Waals surface area contributed by atoms with Crippen LogP contribution in [-0.2, 0) is 4.79 Å². The topological polar surface area (TPSA) is 29.4 Å². The summed E-state index contributed by atoms with van der Waals surface area (Å²) in [6, 6.07) is 7.19. The molecule has 0 fully saturated rings. The van der Waals surface area contributed by atoms with E-state index in [0.29, 0.717) is 0 Å². The van der Waals surface area contributed by atoms with Gasteiger partial charge in [0.2, 0.25) is 6.08 Å². The van der Waals surface area contributed by atoms with Crippen molar-refractivity contribution in [2.75, 3.05) is 0 Å². The van der Waals surface area contributed by atoms with Crippen molar-refractivity contribution in [3.05, 3.63) is 35.4 Å². The van der Waals surface area contributed by atoms with Crippen LogP contribution in [0.15, 0.2) is 29.3 Å². The van der Waals surface area contributed by atoms with Crippen molar-refractivity contribution in [1.82, 2.24) is 0 Å². The van der Waals surface area contributed by atoms with Crippen LogP contribution in [-0.4, -0.2) is 6.08 Å². The SMILES string of the molecule is C#Cc1ccccc1C(C)N=C=O. The second-order valence-electron chi connectivity index (χ2n) is 2.63. The molecule has 1 rings (SSSR count). The number of benzene rings is 1. The maximum atomic E-state index is 10.0. The van der Waals surface area contributed by atoms with Gasteiger partial charge in [0, 0.05) is 5.56 Å². The lowest BCUT2D eigenvalue weighted by Gasteiger charge is -2.06. The first kappa shape index (κ1) is 9.25. The highest BCUT2D eigenvalue weighted by atomic mass is 16.1. The summed E-state index contributed by atoms with van der Waals surface area (Å²) < 4.78 is 0. The van der Waals surface area contributed by atoms with Crippen molar-refractivity contribution in [2.45, 2.75) is 13.0 Å². The number of rotatable bonds is 2. The Kier molecular flexibility index (Phi) is 3.03. The van der Waals surface area contributed by atoms with Crippen molar-refractivity contribution >= 4 is 6.08 Å². The van der Waals surface area contributed by atoms with E-state index in [1.54, 1.807) is 6.92 Å². The van der Waals surface area contributed by atoms with Gasteiger partial charge in [-0.25, -0.2) is 4.79 Å². The smallest absolute Gasteiger partial charge is 0.211 e. The summed E-state index contributed by atoms with van der Waals surface area (Å²) in [6.07, 6.45) is 6.82. The average Bonchev–Trinajstić information content (AvgIpc) is 2.18. The normalized spacial score (nSPS) is 11.1. The molecular weight excluding hydrogens is 162 g/mol. The zero-order valence-electron chi connectivity index (χ0n) is 7.32. The second kappa shape index (κ2) is 4.25. The molecule has 0 saturated heterocycles. The van der Waals surface area contributed by atoms with E-state index in [2.05, 4.69) is 10.9 Å². The highest BCUT2D eigenvalue weighted by Crippen LogP contribution is 2.19. The molecule has 0 saturated carbocycles. The van der Waals surface area contributed by atoms with Crippen LogP contribution in [0.5, 0.6) is 0 Å². The number of carbonyl (C=O) groups excluding carboxylic acids is 1. The first-order valence-corrected chi connectivity index (χ1v) is 3.92. The van der Waals surface area contributed by atoms with Crippen LogP contribution in [0.2, 0.25) is 0 Å². The predicted molar refractivity (Wildman–Crippen MR) is 50.9 cm³/mol. The Morgan fingerprint density at radius 1 is 1.46 bits per heavy atom. The fourth-order valence-corrected chi connectivity index (χ4v) is 1.14. The first-order valence-electron chi connectivity index (χ1n) is 3.92. The largest absolute Gasteiger partial charge is 0.235 e. The zero-order valence-corrected chi connectivity index (χ0v) is 7.32. The third-order valence-electron chi connectivity index (χ3n) is 1.81. The Labute approximate surface area is 77.3 Å². The molecule has 0 aliphatic carbocycles. The molecule has 2 nitrogen and oxygen atoms in total. The average molecular weight is 171 g/mol. The van der Waals surface area contributed by atoms with Crippen LogP contribution in [0.4, 0.5) is 0 Å². The molecule has 0 amide bonds. The standard InChI is InChI=1S/C11H9NO/c1-3-10-6-4-5-7-11(10)9(2)12-8-13/h1,4-7,9H,2H3. The molecule has 1 unspecified atom stereocenters. The Hall–Kier alpha value is -1.84. The molecule has 0 spiro atoms. The monoisotopic (exact) mass is 171 g/mol. The van der Waals surface area contributed by atoms with Gasteiger partial charge in [-0.1, -0.05) is 24.1 Å². The highest BCUT2D eigenvalue weighted by Gasteiger charge is 2.06. The lowest BCUT2D eigenvalue weighted by atomic mass is 10.0. The summed E-state index contributed by atoms with van der Waals surface area (Å²) in [7, 11) is 0. The van der Waals surface area contributed by atoms with Crippen LogP contribution in [0.25, 0.3) is 0 Å². The van der Waals surface area contributed by atoms with Crippen molar-refractivity contribution in [3.63, 3.8) is 0 Å². The molecule has 1 aromatic carbocycles. The van der Waals surface area contributed by atoms with E-state index in [-0.39, 0.29) is 6.04 Å². The number of terminal acetylenes is 1. The van der Waals surface area contributed by atoms with Crippen LogP contribution < -0.4 is 0 Å². The first-order chi connectivity index (χ1) is 6.29. The molecule has 0 aromatic heterocycles. The number of nitrogens with zero attached hydrogens (tertiary/aromatic N) is 1. The van der Waals surface area contributed by atoms with Gasteiger partial charge >= 0.3 is 0 Å². The second-order valence-corrected chi connectivity index (χ2v) is 2.63. The lowest BCUT2D eigenvalue weighted by Crippen LogP contribution is -1.93. The molecule has 0 radical (unpaired) electrons. The quantitative estimate of drug-likeness (QED) is 0.380.